The van der Waals surface area contributed by atoms with Gasteiger partial charge in [-0.1, -0.05) is 12.1 Å². The van der Waals surface area contributed by atoms with Crippen molar-refractivity contribution in [3.8, 4) is 0 Å². The molecule has 6 heteroatoms. The van der Waals surface area contributed by atoms with E-state index in [4.69, 9.17) is 11.6 Å². The third-order valence-electron chi connectivity index (χ3n) is 3.19. The largest absolute Gasteiger partial charge is 0.363 e. The Morgan fingerprint density at radius 1 is 1.22 bits per heavy atom. The van der Waals surface area contributed by atoms with Crippen LogP contribution in [0.5, 0.6) is 0 Å². The molecule has 1 aliphatic rings. The van der Waals surface area contributed by atoms with Crippen molar-refractivity contribution in [2.24, 2.45) is 0 Å². The molecular weight excluding hydrogens is 254 g/mol. The first-order valence-corrected chi connectivity index (χ1v) is 6.52. The SMILES string of the molecule is O=[N+]([O-])c1ccccc1N1CCN(CCCl)CC1. The number of nitro groups is 1. The van der Waals surface area contributed by atoms with Crippen LogP contribution in [0, 0.1) is 10.1 Å². The molecule has 0 N–H and O–H groups in total. The maximum atomic E-state index is 11.0. The van der Waals surface area contributed by atoms with Crippen LogP contribution in [0.3, 0.4) is 0 Å². The van der Waals surface area contributed by atoms with Crippen LogP contribution in [0.1, 0.15) is 0 Å². The van der Waals surface area contributed by atoms with Gasteiger partial charge in [-0.25, -0.2) is 0 Å². The summed E-state index contributed by atoms with van der Waals surface area (Å²) in [6.45, 7) is 4.30. The number of hydrogen-bond donors (Lipinski definition) is 0. The van der Waals surface area contributed by atoms with E-state index in [1.165, 1.54) is 0 Å². The zero-order valence-electron chi connectivity index (χ0n) is 10.1. The molecule has 0 aliphatic carbocycles. The lowest BCUT2D eigenvalue weighted by molar-refractivity contribution is -0.384. The molecule has 1 heterocycles. The van der Waals surface area contributed by atoms with Crippen LogP contribution in [-0.4, -0.2) is 48.4 Å². The second-order valence-electron chi connectivity index (χ2n) is 4.26. The third-order valence-corrected chi connectivity index (χ3v) is 3.36. The van der Waals surface area contributed by atoms with E-state index < -0.39 is 0 Å². The first kappa shape index (κ1) is 13.1. The van der Waals surface area contributed by atoms with E-state index in [1.807, 2.05) is 12.1 Å². The van der Waals surface area contributed by atoms with Crippen LogP contribution in [-0.2, 0) is 0 Å². The van der Waals surface area contributed by atoms with E-state index in [-0.39, 0.29) is 10.6 Å². The molecule has 0 saturated carbocycles. The van der Waals surface area contributed by atoms with Crippen molar-refractivity contribution < 1.29 is 4.92 Å². The number of alkyl halides is 1. The molecule has 0 amide bonds. The zero-order valence-corrected chi connectivity index (χ0v) is 10.8. The summed E-state index contributed by atoms with van der Waals surface area (Å²) in [6.07, 6.45) is 0. The molecule has 1 fully saturated rings. The zero-order chi connectivity index (χ0) is 13.0. The molecule has 1 aliphatic heterocycles. The fourth-order valence-electron chi connectivity index (χ4n) is 2.22. The van der Waals surface area contributed by atoms with Crippen molar-refractivity contribution in [3.05, 3.63) is 34.4 Å². The highest BCUT2D eigenvalue weighted by molar-refractivity contribution is 6.18. The lowest BCUT2D eigenvalue weighted by Gasteiger charge is -2.35. The predicted octanol–water partition coefficient (Wildman–Crippen LogP) is 1.96. The van der Waals surface area contributed by atoms with Gasteiger partial charge >= 0.3 is 0 Å². The number of rotatable bonds is 4. The molecule has 0 aromatic heterocycles. The fourth-order valence-corrected chi connectivity index (χ4v) is 2.46. The van der Waals surface area contributed by atoms with Gasteiger partial charge in [0.1, 0.15) is 5.69 Å². The summed E-state index contributed by atoms with van der Waals surface area (Å²) in [4.78, 5) is 15.0. The second-order valence-corrected chi connectivity index (χ2v) is 4.64. The molecule has 5 nitrogen and oxygen atoms in total. The lowest BCUT2D eigenvalue weighted by Crippen LogP contribution is -2.47. The number of nitrogens with zero attached hydrogens (tertiary/aromatic N) is 3. The highest BCUT2D eigenvalue weighted by Crippen LogP contribution is 2.28. The Kier molecular flexibility index (Phi) is 4.38. The lowest BCUT2D eigenvalue weighted by atomic mass is 10.2. The standard InChI is InChI=1S/C12H16ClN3O2/c13-5-6-14-7-9-15(10-8-14)11-3-1-2-4-12(11)16(17)18/h1-4H,5-10H2. The Bertz CT molecular complexity index is 420. The summed E-state index contributed by atoms with van der Waals surface area (Å²) >= 11 is 5.71. The molecule has 1 aromatic carbocycles. The smallest absolute Gasteiger partial charge is 0.292 e. The van der Waals surface area contributed by atoms with E-state index in [0.717, 1.165) is 32.7 Å². The van der Waals surface area contributed by atoms with Crippen molar-refractivity contribution in [2.75, 3.05) is 43.5 Å². The van der Waals surface area contributed by atoms with E-state index in [1.54, 1.807) is 12.1 Å². The van der Waals surface area contributed by atoms with Crippen LogP contribution < -0.4 is 4.90 Å². The van der Waals surface area contributed by atoms with Crippen molar-refractivity contribution >= 4 is 23.0 Å². The molecule has 98 valence electrons. The molecule has 0 radical (unpaired) electrons. The Labute approximate surface area is 111 Å². The van der Waals surface area contributed by atoms with Gasteiger partial charge in [0.05, 0.1) is 4.92 Å². The first-order valence-electron chi connectivity index (χ1n) is 5.99. The average Bonchev–Trinajstić information content (AvgIpc) is 2.40. The van der Waals surface area contributed by atoms with Crippen molar-refractivity contribution in [1.29, 1.82) is 0 Å². The summed E-state index contributed by atoms with van der Waals surface area (Å²) in [5.41, 5.74) is 0.899. The van der Waals surface area contributed by atoms with Gasteiger partial charge < -0.3 is 4.90 Å². The number of anilines is 1. The van der Waals surface area contributed by atoms with Crippen LogP contribution in [0.4, 0.5) is 11.4 Å². The van der Waals surface area contributed by atoms with Gasteiger partial charge in [-0.15, -0.1) is 11.6 Å². The van der Waals surface area contributed by atoms with Crippen molar-refractivity contribution in [2.45, 2.75) is 0 Å². The summed E-state index contributed by atoms with van der Waals surface area (Å²) < 4.78 is 0. The minimum Gasteiger partial charge on any atom is -0.363 e. The summed E-state index contributed by atoms with van der Waals surface area (Å²) in [7, 11) is 0. The average molecular weight is 270 g/mol. The first-order chi connectivity index (χ1) is 8.72. The molecule has 1 aromatic rings. The summed E-state index contributed by atoms with van der Waals surface area (Å²) in [5, 5.41) is 11.0. The van der Waals surface area contributed by atoms with Gasteiger partial charge in [-0.05, 0) is 6.07 Å². The number of piperazine rings is 1. The maximum absolute atomic E-state index is 11.0. The van der Waals surface area contributed by atoms with Gasteiger partial charge in [0.2, 0.25) is 0 Å². The maximum Gasteiger partial charge on any atom is 0.292 e. The molecular formula is C12H16ClN3O2. The molecule has 0 bridgehead atoms. The molecule has 1 saturated heterocycles. The molecule has 0 unspecified atom stereocenters. The van der Waals surface area contributed by atoms with Crippen LogP contribution in [0.15, 0.2) is 24.3 Å². The quantitative estimate of drug-likeness (QED) is 0.476. The Balaban J connectivity index is 2.07. The van der Waals surface area contributed by atoms with E-state index >= 15 is 0 Å². The van der Waals surface area contributed by atoms with Crippen molar-refractivity contribution in [3.63, 3.8) is 0 Å². The van der Waals surface area contributed by atoms with Gasteiger partial charge in [0.15, 0.2) is 0 Å². The molecule has 2 rings (SSSR count). The normalized spacial score (nSPS) is 16.8. The fraction of sp³-hybridized carbons (Fsp3) is 0.500. The highest BCUT2D eigenvalue weighted by atomic mass is 35.5. The monoisotopic (exact) mass is 269 g/mol. The Hall–Kier alpha value is -1.33. The number of halogens is 1. The van der Waals surface area contributed by atoms with Crippen LogP contribution in [0.2, 0.25) is 0 Å². The van der Waals surface area contributed by atoms with Gasteiger partial charge in [0.25, 0.3) is 5.69 Å². The highest BCUT2D eigenvalue weighted by Gasteiger charge is 2.22. The second kappa shape index (κ2) is 6.02. The topological polar surface area (TPSA) is 49.6 Å². The number of hydrogen-bond acceptors (Lipinski definition) is 4. The van der Waals surface area contributed by atoms with E-state index in [9.17, 15) is 10.1 Å². The Morgan fingerprint density at radius 3 is 2.50 bits per heavy atom. The van der Waals surface area contributed by atoms with E-state index in [2.05, 4.69) is 9.80 Å². The van der Waals surface area contributed by atoms with Crippen LogP contribution >= 0.6 is 11.6 Å². The predicted molar refractivity (Wildman–Crippen MR) is 72.5 cm³/mol. The third kappa shape index (κ3) is 2.91. The number of para-hydroxylation sites is 2. The summed E-state index contributed by atoms with van der Waals surface area (Å²) in [5.74, 6) is 0.630. The van der Waals surface area contributed by atoms with Gasteiger partial charge in [0, 0.05) is 44.7 Å². The molecule has 18 heavy (non-hydrogen) atoms. The Morgan fingerprint density at radius 2 is 1.89 bits per heavy atom. The van der Waals surface area contributed by atoms with Gasteiger partial charge in [-0.3, -0.25) is 15.0 Å². The summed E-state index contributed by atoms with van der Waals surface area (Å²) in [6, 6.07) is 6.91. The minimum absolute atomic E-state index is 0.184. The van der Waals surface area contributed by atoms with Gasteiger partial charge in [-0.2, -0.15) is 0 Å². The number of benzene rings is 1. The van der Waals surface area contributed by atoms with E-state index in [0.29, 0.717) is 11.6 Å². The number of nitro benzene ring substituents is 1. The minimum atomic E-state index is -0.319. The van der Waals surface area contributed by atoms with Crippen molar-refractivity contribution in [1.82, 2.24) is 4.90 Å². The molecule has 0 spiro atoms. The van der Waals surface area contributed by atoms with Crippen LogP contribution in [0.25, 0.3) is 0 Å². The molecule has 0 atom stereocenters.